The summed E-state index contributed by atoms with van der Waals surface area (Å²) in [6.07, 6.45) is 5.77. The molecule has 2 heteroatoms. The molecule has 0 saturated carbocycles. The molecule has 0 aliphatic rings. The van der Waals surface area contributed by atoms with Crippen LogP contribution in [0, 0.1) is 11.8 Å². The Balaban J connectivity index is 4.00. The third-order valence-corrected chi connectivity index (χ3v) is 3.70. The van der Waals surface area contributed by atoms with Crippen LogP contribution in [0.25, 0.3) is 0 Å². The number of alkyl halides is 1. The second kappa shape index (κ2) is 8.67. The second-order valence-corrected chi connectivity index (χ2v) is 5.07. The van der Waals surface area contributed by atoms with Crippen molar-refractivity contribution in [3.05, 3.63) is 0 Å². The van der Waals surface area contributed by atoms with Crippen LogP contribution in [0.15, 0.2) is 0 Å². The Hall–Kier alpha value is 0.380. The van der Waals surface area contributed by atoms with Crippen molar-refractivity contribution in [3.8, 4) is 0 Å². The van der Waals surface area contributed by atoms with Gasteiger partial charge in [-0.1, -0.05) is 45.8 Å². The van der Waals surface area contributed by atoms with Gasteiger partial charge in [-0.05, 0) is 31.1 Å². The molecule has 0 aromatic heterocycles. The maximum atomic E-state index is 6.39. The molecule has 14 heavy (non-hydrogen) atoms. The zero-order valence-electron chi connectivity index (χ0n) is 9.55. The fourth-order valence-electron chi connectivity index (χ4n) is 1.72. The molecular weight excluding hydrogens is 212 g/mol. The molecule has 0 aliphatic carbocycles. The van der Waals surface area contributed by atoms with Crippen molar-refractivity contribution < 1.29 is 0 Å². The predicted octanol–water partition coefficient (Wildman–Crippen LogP) is 4.71. The van der Waals surface area contributed by atoms with Crippen molar-refractivity contribution in [2.24, 2.45) is 11.8 Å². The van der Waals surface area contributed by atoms with Crippen molar-refractivity contribution >= 4 is 29.2 Å². The molecule has 0 aliphatic heterocycles. The van der Waals surface area contributed by atoms with E-state index in [1.807, 2.05) is 0 Å². The molecule has 1 radical (unpaired) electrons. The maximum Gasteiger partial charge on any atom is 0.0387 e. The van der Waals surface area contributed by atoms with E-state index in [1.165, 1.54) is 19.3 Å². The van der Waals surface area contributed by atoms with E-state index >= 15 is 0 Å². The lowest BCUT2D eigenvalue weighted by atomic mass is 9.88. The standard InChI is InChI=1S/C12H22ClS/c1-4-5-7-11(8-6-9-14)12(13)10(2)3/h10-12H,4-8H2,1-3H3. The lowest BCUT2D eigenvalue weighted by Gasteiger charge is -2.24. The monoisotopic (exact) mass is 233 g/mol. The lowest BCUT2D eigenvalue weighted by Crippen LogP contribution is -2.20. The van der Waals surface area contributed by atoms with Gasteiger partial charge in [-0.25, -0.2) is 0 Å². The van der Waals surface area contributed by atoms with E-state index in [9.17, 15) is 0 Å². The van der Waals surface area contributed by atoms with Crippen molar-refractivity contribution in [2.75, 3.05) is 0 Å². The van der Waals surface area contributed by atoms with Crippen LogP contribution in [-0.4, -0.2) is 10.7 Å². The lowest BCUT2D eigenvalue weighted by molar-refractivity contribution is 0.369. The normalized spacial score (nSPS) is 15.5. The third kappa shape index (κ3) is 5.98. The first kappa shape index (κ1) is 14.4. The topological polar surface area (TPSA) is 0 Å². The van der Waals surface area contributed by atoms with Gasteiger partial charge in [0.25, 0.3) is 0 Å². The van der Waals surface area contributed by atoms with Gasteiger partial charge in [0, 0.05) is 10.7 Å². The van der Waals surface area contributed by atoms with Crippen LogP contribution in [0.5, 0.6) is 0 Å². The molecule has 2 atom stereocenters. The highest BCUT2D eigenvalue weighted by atomic mass is 35.5. The Bertz CT molecular complexity index is 145. The molecule has 0 heterocycles. The number of halogens is 1. The van der Waals surface area contributed by atoms with Gasteiger partial charge in [-0.15, -0.1) is 11.6 Å². The summed E-state index contributed by atoms with van der Waals surface area (Å²) in [7, 11) is 0. The highest BCUT2D eigenvalue weighted by Gasteiger charge is 2.20. The maximum absolute atomic E-state index is 6.39. The van der Waals surface area contributed by atoms with Crippen LogP contribution in [0.4, 0.5) is 0 Å². The third-order valence-electron chi connectivity index (χ3n) is 2.63. The minimum atomic E-state index is 0.296. The smallest absolute Gasteiger partial charge is 0.0387 e. The predicted molar refractivity (Wildman–Crippen MR) is 69.3 cm³/mol. The number of unbranched alkanes of at least 4 members (excludes halogenated alkanes) is 1. The molecule has 0 spiro atoms. The Kier molecular flexibility index (Phi) is 8.90. The van der Waals surface area contributed by atoms with Gasteiger partial charge in [-0.3, -0.25) is 0 Å². The first-order valence-corrected chi connectivity index (χ1v) is 6.47. The highest BCUT2D eigenvalue weighted by Crippen LogP contribution is 2.27. The van der Waals surface area contributed by atoms with Crippen molar-refractivity contribution in [1.29, 1.82) is 0 Å². The van der Waals surface area contributed by atoms with E-state index in [1.54, 1.807) is 0 Å². The number of hydrogen-bond acceptors (Lipinski definition) is 1. The molecule has 0 rings (SSSR count). The summed E-state index contributed by atoms with van der Waals surface area (Å²) in [6, 6.07) is 0. The fourth-order valence-corrected chi connectivity index (χ4v) is 2.09. The Morgan fingerprint density at radius 1 is 1.29 bits per heavy atom. The van der Waals surface area contributed by atoms with Gasteiger partial charge in [0.05, 0.1) is 0 Å². The molecule has 0 bridgehead atoms. The van der Waals surface area contributed by atoms with Crippen LogP contribution < -0.4 is 0 Å². The van der Waals surface area contributed by atoms with Gasteiger partial charge < -0.3 is 0 Å². The average molecular weight is 234 g/mol. The summed E-state index contributed by atoms with van der Waals surface area (Å²) < 4.78 is 0. The van der Waals surface area contributed by atoms with E-state index in [0.717, 1.165) is 12.8 Å². The molecule has 83 valence electrons. The molecule has 0 nitrogen and oxygen atoms in total. The molecule has 0 fully saturated rings. The highest BCUT2D eigenvalue weighted by molar-refractivity contribution is 7.78. The van der Waals surface area contributed by atoms with E-state index in [4.69, 9.17) is 23.8 Å². The largest absolute Gasteiger partial charge is 0.122 e. The minimum absolute atomic E-state index is 0.296. The van der Waals surface area contributed by atoms with Crippen LogP contribution in [0.1, 0.15) is 52.9 Å². The number of hydrogen-bond donors (Lipinski definition) is 0. The molecule has 0 amide bonds. The molecule has 2 unspecified atom stereocenters. The van der Waals surface area contributed by atoms with Gasteiger partial charge >= 0.3 is 0 Å². The van der Waals surface area contributed by atoms with Crippen LogP contribution in [0.3, 0.4) is 0 Å². The summed E-state index contributed by atoms with van der Waals surface area (Å²) in [5, 5.41) is 3.09. The van der Waals surface area contributed by atoms with Crippen molar-refractivity contribution in [2.45, 2.75) is 58.3 Å². The van der Waals surface area contributed by atoms with Crippen LogP contribution in [-0.2, 0) is 0 Å². The SMILES string of the molecule is CCCCC(CC[C]=S)C(Cl)C(C)C. The Morgan fingerprint density at radius 3 is 2.36 bits per heavy atom. The van der Waals surface area contributed by atoms with E-state index in [0.29, 0.717) is 17.2 Å². The molecule has 0 aromatic rings. The first-order valence-electron chi connectivity index (χ1n) is 5.62. The Morgan fingerprint density at radius 2 is 1.93 bits per heavy atom. The summed E-state index contributed by atoms with van der Waals surface area (Å²) in [6.45, 7) is 6.61. The van der Waals surface area contributed by atoms with Gasteiger partial charge in [-0.2, -0.15) is 0 Å². The fraction of sp³-hybridized carbons (Fsp3) is 0.917. The summed E-state index contributed by atoms with van der Waals surface area (Å²) in [5.74, 6) is 1.18. The molecule has 0 saturated heterocycles. The van der Waals surface area contributed by atoms with Crippen LogP contribution >= 0.6 is 23.8 Å². The van der Waals surface area contributed by atoms with Gasteiger partial charge in [0.15, 0.2) is 0 Å². The summed E-state index contributed by atoms with van der Waals surface area (Å²) >= 11 is 11.1. The summed E-state index contributed by atoms with van der Waals surface area (Å²) in [5.41, 5.74) is 0. The first-order chi connectivity index (χ1) is 6.63. The summed E-state index contributed by atoms with van der Waals surface area (Å²) in [4.78, 5) is 0. The number of thiocarbonyl (C=S) groups is 1. The van der Waals surface area contributed by atoms with Gasteiger partial charge in [0.2, 0.25) is 0 Å². The van der Waals surface area contributed by atoms with E-state index in [2.05, 4.69) is 26.1 Å². The quantitative estimate of drug-likeness (QED) is 0.432. The Labute approximate surface area is 99.4 Å². The van der Waals surface area contributed by atoms with Crippen molar-refractivity contribution in [1.82, 2.24) is 0 Å². The molecule has 0 N–H and O–H groups in total. The minimum Gasteiger partial charge on any atom is -0.122 e. The van der Waals surface area contributed by atoms with E-state index < -0.39 is 0 Å². The zero-order valence-corrected chi connectivity index (χ0v) is 11.1. The average Bonchev–Trinajstić information content (AvgIpc) is 2.17. The number of rotatable bonds is 8. The van der Waals surface area contributed by atoms with Gasteiger partial charge in [0.1, 0.15) is 0 Å². The molecule has 0 aromatic carbocycles. The second-order valence-electron chi connectivity index (χ2n) is 4.27. The van der Waals surface area contributed by atoms with Crippen LogP contribution in [0.2, 0.25) is 0 Å². The zero-order chi connectivity index (χ0) is 11.0. The molecular formula is C12H22ClS. The van der Waals surface area contributed by atoms with E-state index in [-0.39, 0.29) is 0 Å². The van der Waals surface area contributed by atoms with Crippen molar-refractivity contribution in [3.63, 3.8) is 0 Å².